The van der Waals surface area contributed by atoms with E-state index in [1.807, 2.05) is 364 Å². The van der Waals surface area contributed by atoms with E-state index in [1.54, 1.807) is 13.0 Å². The Balaban J connectivity index is 0.706. The van der Waals surface area contributed by atoms with Crippen molar-refractivity contribution in [2.45, 2.75) is 106 Å². The van der Waals surface area contributed by atoms with Crippen LogP contribution in [0.2, 0.25) is 0 Å². The second kappa shape index (κ2) is 45.7. The van der Waals surface area contributed by atoms with Crippen molar-refractivity contribution in [2.75, 3.05) is 5.32 Å². The number of hydrogen-bond acceptors (Lipinski definition) is 17. The van der Waals surface area contributed by atoms with Gasteiger partial charge in [0.05, 0.1) is 0 Å². The lowest BCUT2D eigenvalue weighted by Gasteiger charge is -2.17. The Kier molecular flexibility index (Phi) is 30.7. The minimum Gasteiger partial charge on any atom is -0.489 e. The fraction of sp³-hybridized carbons (Fsp3) is 0.144. The van der Waals surface area contributed by atoms with Crippen LogP contribution in [0.3, 0.4) is 0 Å². The standard InChI is InChI=1S/C111H98N4O16/c1-79-42-109(116)114-110(113-79)115-111(117)112-64-88-43-95(126-73-93-53-105(128-75-89-45-97(118-65-80-26-10-2-11-27-80)58-98(46-89)119-66-81-28-12-3-13-29-81)62-106(54-93)129-76-90-47-99(120-67-82-30-14-4-15-31-82)59-100(48-90)121-68-83-32-16-5-17-33-83)57-96(44-88)127-74-94-55-107(130-77-91-49-101(122-69-84-34-18-6-19-35-84)60-102(50-91)123-70-85-36-20-7-21-37-85)63-108(56-94)131-78-92-51-103(124-71-86-38-22-8-23-39-86)61-104(52-92)125-72-87-40-24-9-25-41-87/h2-63H,64-78H2,1H3,(H3,112,113,114,115,116,117). The molecular formula is C111H98N4O16. The average molecular weight is 1740 g/mol. The topological polar surface area (TPSA) is 216 Å². The van der Waals surface area contributed by atoms with Crippen LogP contribution in [-0.2, 0) is 99.0 Å². The van der Waals surface area contributed by atoms with Gasteiger partial charge < -0.3 is 76.6 Å². The number of nitrogens with zero attached hydrogens (tertiary/aromatic N) is 1. The lowest BCUT2D eigenvalue weighted by molar-refractivity contribution is 0.251. The molecule has 0 aliphatic heterocycles. The summed E-state index contributed by atoms with van der Waals surface area (Å²) in [5.74, 6) is 7.47. The molecule has 0 spiro atoms. The molecule has 3 N–H and O–H groups in total. The van der Waals surface area contributed by atoms with Gasteiger partial charge in [-0.15, -0.1) is 0 Å². The van der Waals surface area contributed by atoms with Crippen molar-refractivity contribution in [3.8, 4) is 80.5 Å². The van der Waals surface area contributed by atoms with E-state index in [2.05, 4.69) is 20.6 Å². The van der Waals surface area contributed by atoms with Crippen LogP contribution in [0, 0.1) is 6.92 Å². The summed E-state index contributed by atoms with van der Waals surface area (Å²) in [7, 11) is 0. The van der Waals surface area contributed by atoms with Crippen molar-refractivity contribution in [2.24, 2.45) is 0 Å². The second-order valence-corrected chi connectivity index (χ2v) is 31.2. The van der Waals surface area contributed by atoms with E-state index in [-0.39, 0.29) is 52.1 Å². The molecule has 0 saturated heterocycles. The van der Waals surface area contributed by atoms with E-state index >= 15 is 0 Å². The molecule has 16 aromatic rings. The number of hydrogen-bond donors (Lipinski definition) is 3. The zero-order valence-corrected chi connectivity index (χ0v) is 72.4. The van der Waals surface area contributed by atoms with Crippen LogP contribution < -0.4 is 82.5 Å². The van der Waals surface area contributed by atoms with Crippen molar-refractivity contribution in [3.63, 3.8) is 0 Å². The Morgan fingerprint density at radius 3 is 0.550 bits per heavy atom. The van der Waals surface area contributed by atoms with Gasteiger partial charge in [0.15, 0.2) is 0 Å². The van der Waals surface area contributed by atoms with Gasteiger partial charge >= 0.3 is 6.03 Å². The molecule has 16 rings (SSSR count). The van der Waals surface area contributed by atoms with Crippen molar-refractivity contribution in [3.05, 3.63) is 476 Å². The fourth-order valence-corrected chi connectivity index (χ4v) is 14.1. The van der Waals surface area contributed by atoms with Crippen LogP contribution >= 0.6 is 0 Å². The van der Waals surface area contributed by atoms with E-state index in [1.165, 1.54) is 6.07 Å². The van der Waals surface area contributed by atoms with E-state index < -0.39 is 11.6 Å². The molecule has 20 heteroatoms. The maximum Gasteiger partial charge on any atom is 0.321 e. The zero-order chi connectivity index (χ0) is 89.2. The normalized spacial score (nSPS) is 10.8. The second-order valence-electron chi connectivity index (χ2n) is 31.2. The van der Waals surface area contributed by atoms with Gasteiger partial charge in [-0.25, -0.2) is 4.79 Å². The number of H-pyrrole nitrogens is 1. The number of anilines is 1. The molecule has 20 nitrogen and oxygen atoms in total. The van der Waals surface area contributed by atoms with E-state index in [9.17, 15) is 9.59 Å². The highest BCUT2D eigenvalue weighted by Crippen LogP contribution is 2.36. The molecule has 15 aromatic carbocycles. The van der Waals surface area contributed by atoms with Gasteiger partial charge in [0.1, 0.15) is 173 Å². The van der Waals surface area contributed by atoms with Crippen LogP contribution in [0.5, 0.6) is 80.5 Å². The predicted octanol–water partition coefficient (Wildman–Crippen LogP) is 23.5. The molecule has 0 radical (unpaired) electrons. The number of aryl methyl sites for hydroxylation is 1. The van der Waals surface area contributed by atoms with Crippen LogP contribution in [0.1, 0.15) is 89.1 Å². The molecule has 0 aliphatic rings. The molecule has 1 aromatic heterocycles. The smallest absolute Gasteiger partial charge is 0.321 e. The number of urea groups is 1. The highest BCUT2D eigenvalue weighted by Gasteiger charge is 2.18. The first-order valence-electron chi connectivity index (χ1n) is 43.1. The van der Waals surface area contributed by atoms with Crippen molar-refractivity contribution >= 4 is 12.0 Å². The third-order valence-electron chi connectivity index (χ3n) is 20.6. The van der Waals surface area contributed by atoms with Gasteiger partial charge in [-0.3, -0.25) is 10.1 Å². The Morgan fingerprint density at radius 1 is 0.221 bits per heavy atom. The summed E-state index contributed by atoms with van der Waals surface area (Å²) in [6.07, 6.45) is 0. The number of benzene rings is 15. The quantitative estimate of drug-likeness (QED) is 0.0323. The van der Waals surface area contributed by atoms with Crippen LogP contribution in [0.25, 0.3) is 0 Å². The number of aromatic amines is 1. The van der Waals surface area contributed by atoms with E-state index in [0.29, 0.717) is 156 Å². The van der Waals surface area contributed by atoms with Crippen LogP contribution in [0.15, 0.2) is 381 Å². The maximum absolute atomic E-state index is 13.8. The summed E-state index contributed by atoms with van der Waals surface area (Å²) < 4.78 is 92.5. The lowest BCUT2D eigenvalue weighted by Crippen LogP contribution is -2.30. The first kappa shape index (κ1) is 88.1. The van der Waals surface area contributed by atoms with Gasteiger partial charge in [0, 0.05) is 60.8 Å². The number of rotatable bonds is 45. The monoisotopic (exact) mass is 1740 g/mol. The minimum atomic E-state index is -0.629. The number of carbonyl (C=O) groups is 1. The summed E-state index contributed by atoms with van der Waals surface area (Å²) >= 11 is 0. The molecule has 0 saturated carbocycles. The summed E-state index contributed by atoms with van der Waals surface area (Å²) in [4.78, 5) is 33.1. The number of aromatic nitrogens is 2. The third kappa shape index (κ3) is 28.6. The number of ether oxygens (including phenoxy) is 14. The molecule has 0 aliphatic carbocycles. The van der Waals surface area contributed by atoms with E-state index in [4.69, 9.17) is 66.3 Å². The van der Waals surface area contributed by atoms with Crippen molar-refractivity contribution < 1.29 is 71.1 Å². The van der Waals surface area contributed by atoms with E-state index in [0.717, 1.165) is 66.8 Å². The summed E-state index contributed by atoms with van der Waals surface area (Å²) in [5, 5.41) is 5.58. The lowest BCUT2D eigenvalue weighted by atomic mass is 10.1. The number of nitrogens with one attached hydrogen (secondary N) is 3. The Labute approximate surface area is 761 Å². The first-order valence-corrected chi connectivity index (χ1v) is 43.1. The Morgan fingerprint density at radius 2 is 0.382 bits per heavy atom. The van der Waals surface area contributed by atoms with Gasteiger partial charge in [-0.05, 0) is 175 Å². The van der Waals surface area contributed by atoms with Crippen LogP contribution in [0.4, 0.5) is 10.7 Å². The van der Waals surface area contributed by atoms with Gasteiger partial charge in [-0.1, -0.05) is 243 Å². The molecule has 2 amide bonds. The maximum atomic E-state index is 13.8. The number of carbonyl (C=O) groups excluding carboxylic acids is 1. The SMILES string of the molecule is Cc1cc(=O)nc(NC(=O)NCc2cc(OCc3cc(OCc4cc(OCc5ccccc5)cc(OCc5ccccc5)c4)cc(OCc4cc(OCc5ccccc5)cc(OCc5ccccc5)c4)c3)cc(OCc3cc(OCc4cc(OCc5ccccc5)cc(OCc5ccccc5)c4)cc(OCc4cc(OCc5ccccc5)cc(OCc5ccccc5)c4)c3)c2)[nH]1. The van der Waals surface area contributed by atoms with Gasteiger partial charge in [0.25, 0.3) is 5.56 Å². The summed E-state index contributed by atoms with van der Waals surface area (Å²) in [6, 6.07) is 120. The molecule has 131 heavy (non-hydrogen) atoms. The molecule has 0 bridgehead atoms. The Bertz CT molecular complexity index is 5500. The average Bonchev–Trinajstić information content (AvgIpc) is 1.06. The molecule has 0 atom stereocenters. The number of amides is 2. The zero-order valence-electron chi connectivity index (χ0n) is 72.4. The first-order chi connectivity index (χ1) is 64.4. The molecule has 0 fully saturated rings. The van der Waals surface area contributed by atoms with Gasteiger partial charge in [-0.2, -0.15) is 4.98 Å². The predicted molar refractivity (Wildman–Crippen MR) is 503 cm³/mol. The molecule has 1 heterocycles. The molecule has 658 valence electrons. The molecule has 0 unspecified atom stereocenters. The fourth-order valence-electron chi connectivity index (χ4n) is 14.1. The highest BCUT2D eigenvalue weighted by molar-refractivity contribution is 5.87. The largest absolute Gasteiger partial charge is 0.489 e. The van der Waals surface area contributed by atoms with Gasteiger partial charge in [0.2, 0.25) is 5.95 Å². The molecular weight excluding hydrogens is 1650 g/mol. The summed E-state index contributed by atoms with van der Waals surface area (Å²) in [6.45, 7) is 4.76. The van der Waals surface area contributed by atoms with Crippen molar-refractivity contribution in [1.82, 2.24) is 15.3 Å². The minimum absolute atomic E-state index is 0.0111. The Hall–Kier alpha value is -16.4. The highest BCUT2D eigenvalue weighted by atomic mass is 16.5. The van der Waals surface area contributed by atoms with Crippen molar-refractivity contribution in [1.29, 1.82) is 0 Å². The van der Waals surface area contributed by atoms with Crippen LogP contribution in [-0.4, -0.2) is 16.0 Å². The third-order valence-corrected chi connectivity index (χ3v) is 20.6. The summed E-state index contributed by atoms with van der Waals surface area (Å²) in [5.41, 5.74) is 13.2.